The molecule has 2 aromatic rings. The summed E-state index contributed by atoms with van der Waals surface area (Å²) in [6.07, 6.45) is 3.08. The topological polar surface area (TPSA) is 56.0 Å². The zero-order chi connectivity index (χ0) is 12.3. The maximum Gasteiger partial charge on any atom is 0.0664 e. The zero-order valence-corrected chi connectivity index (χ0v) is 10.5. The lowest BCUT2D eigenvalue weighted by molar-refractivity contribution is 0.683. The molecule has 0 aliphatic carbocycles. The summed E-state index contributed by atoms with van der Waals surface area (Å²) in [5, 5.41) is 0.619. The molecule has 17 heavy (non-hydrogen) atoms. The lowest BCUT2D eigenvalue weighted by Crippen LogP contribution is -2.01. The second-order valence-electron chi connectivity index (χ2n) is 3.49. The van der Waals surface area contributed by atoms with Gasteiger partial charge in [-0.1, -0.05) is 29.8 Å². The number of rotatable bonds is 3. The third-order valence-electron chi connectivity index (χ3n) is 2.30. The first-order chi connectivity index (χ1) is 8.18. The molecule has 1 atom stereocenters. The van der Waals surface area contributed by atoms with Crippen LogP contribution in [0.15, 0.2) is 47.6 Å². The van der Waals surface area contributed by atoms with E-state index in [1.807, 2.05) is 18.2 Å². The fourth-order valence-electron chi connectivity index (χ4n) is 1.44. The maximum atomic E-state index is 12.1. The van der Waals surface area contributed by atoms with Crippen molar-refractivity contribution in [3.63, 3.8) is 0 Å². The monoisotopic (exact) mass is 266 g/mol. The molecule has 0 fully saturated rings. The van der Waals surface area contributed by atoms with Crippen molar-refractivity contribution in [2.45, 2.75) is 10.6 Å². The van der Waals surface area contributed by atoms with Crippen LogP contribution in [0.2, 0.25) is 5.02 Å². The predicted molar refractivity (Wildman–Crippen MR) is 70.2 cm³/mol. The molecule has 1 aromatic heterocycles. The highest BCUT2D eigenvalue weighted by Crippen LogP contribution is 2.21. The molecule has 88 valence electrons. The van der Waals surface area contributed by atoms with Gasteiger partial charge in [0.2, 0.25) is 0 Å². The molecular weight excluding hydrogens is 256 g/mol. The van der Waals surface area contributed by atoms with E-state index >= 15 is 0 Å². The second kappa shape index (κ2) is 5.29. The Morgan fingerprint density at radius 3 is 2.76 bits per heavy atom. The number of aromatic nitrogens is 1. The van der Waals surface area contributed by atoms with Crippen molar-refractivity contribution in [2.24, 2.45) is 0 Å². The summed E-state index contributed by atoms with van der Waals surface area (Å²) in [7, 11) is -1.21. The van der Waals surface area contributed by atoms with Gasteiger partial charge in [-0.15, -0.1) is 0 Å². The lowest BCUT2D eigenvalue weighted by Gasteiger charge is -2.06. The van der Waals surface area contributed by atoms with Gasteiger partial charge in [0, 0.05) is 11.2 Å². The van der Waals surface area contributed by atoms with Gasteiger partial charge in [0.25, 0.3) is 0 Å². The molecule has 0 saturated carbocycles. The summed E-state index contributed by atoms with van der Waals surface area (Å²) in [4.78, 5) is 4.46. The Labute approximate surface area is 107 Å². The number of hydrogen-bond acceptors (Lipinski definition) is 3. The minimum atomic E-state index is -1.21. The van der Waals surface area contributed by atoms with E-state index in [4.69, 9.17) is 17.3 Å². The third kappa shape index (κ3) is 2.84. The van der Waals surface area contributed by atoms with Crippen LogP contribution >= 0.6 is 11.6 Å². The number of anilines is 1. The van der Waals surface area contributed by atoms with Crippen molar-refractivity contribution in [1.29, 1.82) is 0 Å². The minimum absolute atomic E-state index is 0.355. The SMILES string of the molecule is Nc1cnccc1S(=O)Cc1ccccc1Cl. The van der Waals surface area contributed by atoms with Crippen LogP contribution in [0, 0.1) is 0 Å². The molecule has 2 rings (SSSR count). The van der Waals surface area contributed by atoms with Gasteiger partial charge in [-0.25, -0.2) is 0 Å². The number of benzene rings is 1. The molecule has 0 amide bonds. The minimum Gasteiger partial charge on any atom is -0.396 e. The molecule has 1 aromatic carbocycles. The van der Waals surface area contributed by atoms with Gasteiger partial charge in [-0.3, -0.25) is 9.19 Å². The molecule has 0 aliphatic rings. The number of halogens is 1. The first-order valence-corrected chi connectivity index (χ1v) is 6.69. The standard InChI is InChI=1S/C12H11ClN2OS/c13-10-4-2-1-3-9(10)8-17(16)12-5-6-15-7-11(12)14/h1-7H,8,14H2. The predicted octanol–water partition coefficient (Wildman–Crippen LogP) is 2.63. The van der Waals surface area contributed by atoms with Crippen molar-refractivity contribution in [3.8, 4) is 0 Å². The molecule has 0 aliphatic heterocycles. The van der Waals surface area contributed by atoms with E-state index in [9.17, 15) is 4.21 Å². The Kier molecular flexibility index (Phi) is 3.76. The van der Waals surface area contributed by atoms with E-state index in [2.05, 4.69) is 4.98 Å². The zero-order valence-electron chi connectivity index (χ0n) is 8.97. The fraction of sp³-hybridized carbons (Fsp3) is 0.0833. The molecule has 0 spiro atoms. The largest absolute Gasteiger partial charge is 0.396 e. The second-order valence-corrected chi connectivity index (χ2v) is 5.32. The van der Waals surface area contributed by atoms with Crippen molar-refractivity contribution in [2.75, 3.05) is 5.73 Å². The Bertz CT molecular complexity index is 560. The van der Waals surface area contributed by atoms with Gasteiger partial charge in [0.15, 0.2) is 0 Å². The van der Waals surface area contributed by atoms with Crippen LogP contribution in [0.1, 0.15) is 5.56 Å². The van der Waals surface area contributed by atoms with Crippen molar-refractivity contribution < 1.29 is 4.21 Å². The summed E-state index contributed by atoms with van der Waals surface area (Å²) in [5.74, 6) is 0.355. The van der Waals surface area contributed by atoms with Gasteiger partial charge in [0.05, 0.1) is 33.3 Å². The van der Waals surface area contributed by atoms with E-state index in [1.165, 1.54) is 6.20 Å². The van der Waals surface area contributed by atoms with E-state index in [1.54, 1.807) is 18.3 Å². The van der Waals surface area contributed by atoms with Crippen LogP contribution in [0.3, 0.4) is 0 Å². The molecular formula is C12H11ClN2OS. The van der Waals surface area contributed by atoms with Crippen LogP contribution in [0.5, 0.6) is 0 Å². The summed E-state index contributed by atoms with van der Waals surface area (Å²) in [6, 6.07) is 9.02. The highest BCUT2D eigenvalue weighted by molar-refractivity contribution is 7.84. The Morgan fingerprint density at radius 1 is 1.29 bits per heavy atom. The summed E-state index contributed by atoms with van der Waals surface area (Å²) in [5.41, 5.74) is 7.02. The smallest absolute Gasteiger partial charge is 0.0664 e. The van der Waals surface area contributed by atoms with E-state index in [0.29, 0.717) is 21.4 Å². The van der Waals surface area contributed by atoms with E-state index in [-0.39, 0.29) is 0 Å². The highest BCUT2D eigenvalue weighted by atomic mass is 35.5. The Morgan fingerprint density at radius 2 is 2.06 bits per heavy atom. The van der Waals surface area contributed by atoms with Crippen LogP contribution in [-0.2, 0) is 16.6 Å². The molecule has 2 N–H and O–H groups in total. The first-order valence-electron chi connectivity index (χ1n) is 5.00. The Balaban J connectivity index is 2.24. The molecule has 1 unspecified atom stereocenters. The number of nitrogen functional groups attached to an aromatic ring is 1. The summed E-state index contributed by atoms with van der Waals surface area (Å²) in [6.45, 7) is 0. The first kappa shape index (κ1) is 12.1. The third-order valence-corrected chi connectivity index (χ3v) is 4.10. The summed E-state index contributed by atoms with van der Waals surface area (Å²) < 4.78 is 12.1. The molecule has 3 nitrogen and oxygen atoms in total. The van der Waals surface area contributed by atoms with Crippen molar-refractivity contribution in [3.05, 3.63) is 53.3 Å². The fourth-order valence-corrected chi connectivity index (χ4v) is 2.94. The molecule has 0 saturated heterocycles. The van der Waals surface area contributed by atoms with Crippen LogP contribution in [-0.4, -0.2) is 9.19 Å². The van der Waals surface area contributed by atoms with Gasteiger partial charge < -0.3 is 5.73 Å². The molecule has 0 radical (unpaired) electrons. The maximum absolute atomic E-state index is 12.1. The van der Waals surface area contributed by atoms with Crippen molar-refractivity contribution in [1.82, 2.24) is 4.98 Å². The average Bonchev–Trinajstić information content (AvgIpc) is 2.32. The highest BCUT2D eigenvalue weighted by Gasteiger charge is 2.10. The van der Waals surface area contributed by atoms with E-state index in [0.717, 1.165) is 5.56 Å². The van der Waals surface area contributed by atoms with Gasteiger partial charge >= 0.3 is 0 Å². The normalized spacial score (nSPS) is 12.3. The quantitative estimate of drug-likeness (QED) is 0.929. The number of nitrogens with zero attached hydrogens (tertiary/aromatic N) is 1. The lowest BCUT2D eigenvalue weighted by atomic mass is 10.2. The Hall–Kier alpha value is -1.39. The van der Waals surface area contributed by atoms with Crippen LogP contribution in [0.4, 0.5) is 5.69 Å². The van der Waals surface area contributed by atoms with Crippen molar-refractivity contribution >= 4 is 28.1 Å². The van der Waals surface area contributed by atoms with Crippen LogP contribution in [0.25, 0.3) is 0 Å². The summed E-state index contributed by atoms with van der Waals surface area (Å²) >= 11 is 6.02. The molecule has 0 bridgehead atoms. The van der Waals surface area contributed by atoms with Gasteiger partial charge in [0.1, 0.15) is 0 Å². The van der Waals surface area contributed by atoms with Gasteiger partial charge in [-0.05, 0) is 17.7 Å². The molecule has 5 heteroatoms. The average molecular weight is 267 g/mol. The number of hydrogen-bond donors (Lipinski definition) is 1. The molecule has 1 heterocycles. The number of pyridine rings is 1. The van der Waals surface area contributed by atoms with Crippen LogP contribution < -0.4 is 5.73 Å². The van der Waals surface area contributed by atoms with Gasteiger partial charge in [-0.2, -0.15) is 0 Å². The van der Waals surface area contributed by atoms with E-state index < -0.39 is 10.8 Å². The number of nitrogens with two attached hydrogens (primary N) is 1.